The number of halogens is 2. The molecule has 2 aliphatic heterocycles. The molecule has 0 aromatic heterocycles. The lowest BCUT2D eigenvalue weighted by molar-refractivity contribution is -0.121. The summed E-state index contributed by atoms with van der Waals surface area (Å²) in [5, 5.41) is 3.71. The third kappa shape index (κ3) is 4.22. The van der Waals surface area contributed by atoms with Crippen LogP contribution in [0.4, 0.5) is 5.69 Å². The van der Waals surface area contributed by atoms with E-state index in [0.717, 1.165) is 0 Å². The van der Waals surface area contributed by atoms with Gasteiger partial charge in [0.05, 0.1) is 23.9 Å². The molecular weight excluding hydrogens is 373 g/mol. The van der Waals surface area contributed by atoms with Crippen LogP contribution in [0, 0.1) is 0 Å². The number of rotatable bonds is 3. The van der Waals surface area contributed by atoms with Crippen LogP contribution in [0.2, 0.25) is 10.0 Å². The number of nitrogens with zero attached hydrogens (tertiary/aromatic N) is 2. The first-order valence-corrected chi connectivity index (χ1v) is 9.03. The van der Waals surface area contributed by atoms with E-state index in [1.807, 2.05) is 4.90 Å². The number of thioether (sulfide) groups is 1. The predicted molar refractivity (Wildman–Crippen MR) is 95.9 cm³/mol. The zero-order chi connectivity index (χ0) is 17.1. The average molecular weight is 388 g/mol. The number of hydrogen-bond donors (Lipinski definition) is 1. The molecule has 1 fully saturated rings. The molecule has 9 heteroatoms. The molecule has 1 aromatic rings. The van der Waals surface area contributed by atoms with E-state index >= 15 is 0 Å². The van der Waals surface area contributed by atoms with Crippen molar-refractivity contribution in [3.8, 4) is 0 Å². The summed E-state index contributed by atoms with van der Waals surface area (Å²) in [6.07, 6.45) is 0.0415. The van der Waals surface area contributed by atoms with Crippen LogP contribution in [-0.4, -0.2) is 53.4 Å². The zero-order valence-corrected chi connectivity index (χ0v) is 15.0. The van der Waals surface area contributed by atoms with E-state index in [0.29, 0.717) is 47.2 Å². The fourth-order valence-corrected chi connectivity index (χ4v) is 3.93. The normalized spacial score (nSPS) is 20.9. The largest absolute Gasteiger partial charge is 0.378 e. The molecule has 0 unspecified atom stereocenters. The maximum Gasteiger partial charge on any atom is 0.262 e. The first kappa shape index (κ1) is 17.5. The van der Waals surface area contributed by atoms with E-state index in [9.17, 15) is 9.59 Å². The van der Waals surface area contributed by atoms with Gasteiger partial charge in [-0.25, -0.2) is 0 Å². The third-order valence-corrected chi connectivity index (χ3v) is 5.35. The van der Waals surface area contributed by atoms with Crippen LogP contribution < -0.4 is 5.32 Å². The maximum absolute atomic E-state index is 12.2. The highest BCUT2D eigenvalue weighted by atomic mass is 35.5. The molecule has 1 saturated heterocycles. The van der Waals surface area contributed by atoms with Crippen molar-refractivity contribution in [2.45, 2.75) is 11.7 Å². The molecule has 0 bridgehead atoms. The highest BCUT2D eigenvalue weighted by Crippen LogP contribution is 2.29. The number of nitrogens with one attached hydrogen (secondary N) is 1. The minimum atomic E-state index is -0.506. The van der Waals surface area contributed by atoms with Gasteiger partial charge in [-0.05, 0) is 18.2 Å². The highest BCUT2D eigenvalue weighted by Gasteiger charge is 2.33. The molecule has 1 N–H and O–H groups in total. The van der Waals surface area contributed by atoms with Crippen LogP contribution in [0.3, 0.4) is 0 Å². The molecule has 2 heterocycles. The number of morpholine rings is 1. The Hall–Kier alpha value is -1.28. The first-order valence-electron chi connectivity index (χ1n) is 7.40. The van der Waals surface area contributed by atoms with E-state index < -0.39 is 5.25 Å². The van der Waals surface area contributed by atoms with E-state index in [1.54, 1.807) is 18.2 Å². The number of amidine groups is 1. The van der Waals surface area contributed by atoms with Gasteiger partial charge < -0.3 is 15.0 Å². The molecule has 0 aliphatic carbocycles. The second-order valence-electron chi connectivity index (χ2n) is 5.31. The van der Waals surface area contributed by atoms with Crippen LogP contribution in [0.5, 0.6) is 0 Å². The van der Waals surface area contributed by atoms with Crippen molar-refractivity contribution in [1.82, 2.24) is 4.90 Å². The van der Waals surface area contributed by atoms with Crippen molar-refractivity contribution in [2.75, 3.05) is 31.6 Å². The summed E-state index contributed by atoms with van der Waals surface area (Å²) in [5.74, 6) is -0.567. The fourth-order valence-electron chi connectivity index (χ4n) is 2.36. The Kier molecular flexibility index (Phi) is 5.65. The maximum atomic E-state index is 12.2. The van der Waals surface area contributed by atoms with Crippen LogP contribution >= 0.6 is 35.0 Å². The Morgan fingerprint density at radius 2 is 2.12 bits per heavy atom. The number of anilines is 1. The molecule has 0 spiro atoms. The molecule has 6 nitrogen and oxygen atoms in total. The Bertz CT molecular complexity index is 693. The molecule has 2 amide bonds. The smallest absolute Gasteiger partial charge is 0.262 e. The summed E-state index contributed by atoms with van der Waals surface area (Å²) in [6, 6.07) is 4.81. The number of ether oxygens (including phenoxy) is 1. The minimum absolute atomic E-state index is 0.0415. The summed E-state index contributed by atoms with van der Waals surface area (Å²) < 4.78 is 5.29. The Morgan fingerprint density at radius 3 is 2.83 bits per heavy atom. The number of benzene rings is 1. The molecule has 2 aliphatic rings. The van der Waals surface area contributed by atoms with E-state index in [4.69, 9.17) is 27.9 Å². The summed E-state index contributed by atoms with van der Waals surface area (Å²) in [7, 11) is 0. The molecular formula is C15H15Cl2N3O3S. The van der Waals surface area contributed by atoms with Crippen molar-refractivity contribution < 1.29 is 14.3 Å². The van der Waals surface area contributed by atoms with Crippen molar-refractivity contribution in [1.29, 1.82) is 0 Å². The number of carbonyl (C=O) groups excluding carboxylic acids is 2. The Labute approximate surface area is 153 Å². The van der Waals surface area contributed by atoms with Crippen LogP contribution in [0.1, 0.15) is 6.42 Å². The Balaban J connectivity index is 1.56. The minimum Gasteiger partial charge on any atom is -0.378 e. The van der Waals surface area contributed by atoms with Gasteiger partial charge in [-0.2, -0.15) is 4.99 Å². The van der Waals surface area contributed by atoms with Gasteiger partial charge >= 0.3 is 0 Å². The molecule has 24 heavy (non-hydrogen) atoms. The highest BCUT2D eigenvalue weighted by molar-refractivity contribution is 8.15. The molecule has 3 rings (SSSR count). The van der Waals surface area contributed by atoms with Crippen LogP contribution in [-0.2, 0) is 14.3 Å². The van der Waals surface area contributed by atoms with E-state index in [1.165, 1.54) is 11.8 Å². The van der Waals surface area contributed by atoms with E-state index in [2.05, 4.69) is 10.3 Å². The monoisotopic (exact) mass is 387 g/mol. The topological polar surface area (TPSA) is 71.0 Å². The van der Waals surface area contributed by atoms with Crippen molar-refractivity contribution in [2.24, 2.45) is 4.99 Å². The molecule has 0 saturated carbocycles. The van der Waals surface area contributed by atoms with Crippen LogP contribution in [0.25, 0.3) is 0 Å². The van der Waals surface area contributed by atoms with Crippen molar-refractivity contribution in [3.63, 3.8) is 0 Å². The Morgan fingerprint density at radius 1 is 1.38 bits per heavy atom. The number of amides is 2. The SMILES string of the molecule is O=C(C[C@H]1SC(N2CCOCC2)=NC1=O)Nc1ccc(Cl)cc1Cl. The molecule has 1 aromatic carbocycles. The average Bonchev–Trinajstić information content (AvgIpc) is 2.92. The molecule has 1 atom stereocenters. The number of aliphatic imine (C=N–C) groups is 1. The second-order valence-corrected chi connectivity index (χ2v) is 7.33. The summed E-state index contributed by atoms with van der Waals surface area (Å²) in [6.45, 7) is 2.65. The summed E-state index contributed by atoms with van der Waals surface area (Å²) in [5.41, 5.74) is 0.468. The number of carbonyl (C=O) groups is 2. The molecule has 128 valence electrons. The van der Waals surface area contributed by atoms with Gasteiger partial charge in [-0.3, -0.25) is 9.59 Å². The standard InChI is InChI=1S/C15H15Cl2N3O3S/c16-9-1-2-11(10(17)7-9)18-13(21)8-12-14(22)19-15(24-12)20-3-5-23-6-4-20/h1-2,7,12H,3-6,8H2,(H,18,21)/t12-/m1/s1. The number of hydrogen-bond acceptors (Lipinski definition) is 5. The summed E-state index contributed by atoms with van der Waals surface area (Å²) in [4.78, 5) is 30.3. The van der Waals surface area contributed by atoms with Gasteiger partial charge in [0.2, 0.25) is 5.91 Å². The van der Waals surface area contributed by atoms with Gasteiger partial charge in [-0.1, -0.05) is 35.0 Å². The summed E-state index contributed by atoms with van der Waals surface area (Å²) >= 11 is 13.2. The second kappa shape index (κ2) is 7.74. The van der Waals surface area contributed by atoms with Gasteiger partial charge in [0.15, 0.2) is 5.17 Å². The first-order chi connectivity index (χ1) is 11.5. The van der Waals surface area contributed by atoms with Crippen molar-refractivity contribution in [3.05, 3.63) is 28.2 Å². The lowest BCUT2D eigenvalue weighted by atomic mass is 10.2. The zero-order valence-electron chi connectivity index (χ0n) is 12.6. The van der Waals surface area contributed by atoms with Gasteiger partial charge in [0.1, 0.15) is 5.25 Å². The lowest BCUT2D eigenvalue weighted by Gasteiger charge is -2.27. The molecule has 0 radical (unpaired) electrons. The van der Waals surface area contributed by atoms with Crippen LogP contribution in [0.15, 0.2) is 23.2 Å². The fraction of sp³-hybridized carbons (Fsp3) is 0.400. The van der Waals surface area contributed by atoms with Gasteiger partial charge in [-0.15, -0.1) is 0 Å². The predicted octanol–water partition coefficient (Wildman–Crippen LogP) is 2.65. The van der Waals surface area contributed by atoms with Gasteiger partial charge in [0.25, 0.3) is 5.91 Å². The van der Waals surface area contributed by atoms with Gasteiger partial charge in [0, 0.05) is 24.5 Å². The quantitative estimate of drug-likeness (QED) is 0.862. The lowest BCUT2D eigenvalue weighted by Crippen LogP contribution is -2.39. The van der Waals surface area contributed by atoms with Crippen molar-refractivity contribution >= 4 is 57.6 Å². The third-order valence-electron chi connectivity index (χ3n) is 3.59. The van der Waals surface area contributed by atoms with E-state index in [-0.39, 0.29) is 18.2 Å².